The monoisotopic (exact) mass is 214 g/mol. The van der Waals surface area contributed by atoms with Crippen molar-refractivity contribution in [1.29, 1.82) is 0 Å². The molecular weight excluding hydrogens is 203 g/mol. The zero-order valence-electron chi connectivity index (χ0n) is 8.60. The van der Waals surface area contributed by atoms with Crippen LogP contribution in [0.4, 0.5) is 4.39 Å². The molecule has 3 heteroatoms. The Balaban J connectivity index is 0.000000125. The number of imidazole rings is 1. The molecule has 16 heavy (non-hydrogen) atoms. The van der Waals surface area contributed by atoms with Gasteiger partial charge in [0.1, 0.15) is 5.82 Å². The van der Waals surface area contributed by atoms with Crippen LogP contribution < -0.4 is 0 Å². The lowest BCUT2D eigenvalue weighted by Gasteiger charge is -1.81. The number of nitrogens with one attached hydrogen (secondary N) is 1. The predicted octanol–water partition coefficient (Wildman–Crippen LogP) is 3.39. The number of fused-ring (bicyclic) bond motifs is 1. The first-order valence-electron chi connectivity index (χ1n) is 4.95. The van der Waals surface area contributed by atoms with E-state index in [1.54, 1.807) is 24.5 Å². The van der Waals surface area contributed by atoms with Gasteiger partial charge in [0.05, 0.1) is 17.4 Å². The molecule has 0 atom stereocenters. The number of aromatic amines is 1. The summed E-state index contributed by atoms with van der Waals surface area (Å²) in [5.41, 5.74) is 2.12. The summed E-state index contributed by atoms with van der Waals surface area (Å²) in [6.07, 6.45) is 1.70. The maximum absolute atomic E-state index is 11.9. The van der Waals surface area contributed by atoms with Crippen molar-refractivity contribution >= 4 is 11.0 Å². The summed E-state index contributed by atoms with van der Waals surface area (Å²) < 4.78 is 11.9. The molecule has 2 nitrogen and oxygen atoms in total. The van der Waals surface area contributed by atoms with E-state index in [0.29, 0.717) is 0 Å². The van der Waals surface area contributed by atoms with Crippen LogP contribution in [0.1, 0.15) is 0 Å². The van der Waals surface area contributed by atoms with Crippen molar-refractivity contribution in [2.24, 2.45) is 0 Å². The van der Waals surface area contributed by atoms with E-state index < -0.39 is 0 Å². The summed E-state index contributed by atoms with van der Waals surface area (Å²) >= 11 is 0. The Morgan fingerprint density at radius 1 is 0.875 bits per heavy atom. The number of para-hydroxylation sites is 2. The van der Waals surface area contributed by atoms with Crippen molar-refractivity contribution in [3.63, 3.8) is 0 Å². The first-order chi connectivity index (χ1) is 7.86. The summed E-state index contributed by atoms with van der Waals surface area (Å²) in [6, 6.07) is 15.9. The van der Waals surface area contributed by atoms with Gasteiger partial charge in [-0.25, -0.2) is 9.37 Å². The molecule has 1 heterocycles. The number of hydrogen-bond acceptors (Lipinski definition) is 1. The van der Waals surface area contributed by atoms with Gasteiger partial charge >= 0.3 is 0 Å². The quantitative estimate of drug-likeness (QED) is 0.610. The molecule has 0 aliphatic heterocycles. The van der Waals surface area contributed by atoms with Crippen LogP contribution in [-0.4, -0.2) is 9.97 Å². The van der Waals surface area contributed by atoms with Gasteiger partial charge in [0.25, 0.3) is 0 Å². The Labute approximate surface area is 92.8 Å². The third-order valence-corrected chi connectivity index (χ3v) is 2.06. The molecule has 0 saturated carbocycles. The lowest BCUT2D eigenvalue weighted by Crippen LogP contribution is -1.63. The summed E-state index contributed by atoms with van der Waals surface area (Å²) in [5.74, 6) is -0.178. The number of H-pyrrole nitrogens is 1. The first kappa shape index (κ1) is 10.4. The topological polar surface area (TPSA) is 28.7 Å². The van der Waals surface area contributed by atoms with E-state index in [-0.39, 0.29) is 5.82 Å². The molecule has 1 N–H and O–H groups in total. The number of rotatable bonds is 0. The minimum atomic E-state index is -0.178. The predicted molar refractivity (Wildman–Crippen MR) is 62.5 cm³/mol. The average molecular weight is 214 g/mol. The molecule has 80 valence electrons. The zero-order chi connectivity index (χ0) is 11.2. The van der Waals surface area contributed by atoms with Crippen molar-refractivity contribution < 1.29 is 4.39 Å². The molecular formula is C13H11FN2. The van der Waals surface area contributed by atoms with Gasteiger partial charge in [0.2, 0.25) is 0 Å². The van der Waals surface area contributed by atoms with E-state index in [0.717, 1.165) is 11.0 Å². The highest BCUT2D eigenvalue weighted by Crippen LogP contribution is 2.05. The van der Waals surface area contributed by atoms with Gasteiger partial charge in [-0.15, -0.1) is 0 Å². The van der Waals surface area contributed by atoms with Crippen molar-refractivity contribution in [3.05, 3.63) is 66.7 Å². The van der Waals surface area contributed by atoms with Crippen LogP contribution in [0.5, 0.6) is 0 Å². The number of hydrogen-bond donors (Lipinski definition) is 1. The molecule has 0 saturated heterocycles. The van der Waals surface area contributed by atoms with E-state index in [1.807, 2.05) is 24.3 Å². The van der Waals surface area contributed by atoms with Crippen LogP contribution in [0.25, 0.3) is 11.0 Å². The fourth-order valence-corrected chi connectivity index (χ4v) is 1.29. The Hall–Kier alpha value is -2.16. The molecule has 0 spiro atoms. The Kier molecular flexibility index (Phi) is 3.28. The molecule has 0 unspecified atom stereocenters. The van der Waals surface area contributed by atoms with Gasteiger partial charge < -0.3 is 4.98 Å². The summed E-state index contributed by atoms with van der Waals surface area (Å²) in [6.45, 7) is 0. The fourth-order valence-electron chi connectivity index (χ4n) is 1.29. The summed E-state index contributed by atoms with van der Waals surface area (Å²) in [7, 11) is 0. The van der Waals surface area contributed by atoms with Gasteiger partial charge in [0.15, 0.2) is 0 Å². The second-order valence-electron chi connectivity index (χ2n) is 3.22. The van der Waals surface area contributed by atoms with Gasteiger partial charge in [-0.05, 0) is 24.3 Å². The number of benzene rings is 2. The Bertz CT molecular complexity index is 516. The molecule has 0 fully saturated rings. The smallest absolute Gasteiger partial charge is 0.123 e. The van der Waals surface area contributed by atoms with E-state index in [2.05, 4.69) is 9.97 Å². The summed E-state index contributed by atoms with van der Waals surface area (Å²) in [5, 5.41) is 0. The second kappa shape index (κ2) is 5.07. The standard InChI is InChI=1S/C7H6N2.C6H5F/c1-2-4-7-6(3-1)8-5-9-7;7-6-4-2-1-3-5-6/h1-5H,(H,8,9);1-5H. The molecule has 3 rings (SSSR count). The third-order valence-electron chi connectivity index (χ3n) is 2.06. The van der Waals surface area contributed by atoms with Gasteiger partial charge in [0, 0.05) is 0 Å². The second-order valence-corrected chi connectivity index (χ2v) is 3.22. The third kappa shape index (κ3) is 2.67. The molecule has 0 radical (unpaired) electrons. The maximum atomic E-state index is 11.9. The largest absolute Gasteiger partial charge is 0.345 e. The minimum Gasteiger partial charge on any atom is -0.345 e. The lowest BCUT2D eigenvalue weighted by atomic mass is 10.3. The molecule has 0 aliphatic carbocycles. The van der Waals surface area contributed by atoms with Gasteiger partial charge in [-0.3, -0.25) is 0 Å². The molecule has 3 aromatic rings. The van der Waals surface area contributed by atoms with Crippen LogP contribution in [0, 0.1) is 5.82 Å². The van der Waals surface area contributed by atoms with Crippen LogP contribution in [0.3, 0.4) is 0 Å². The SMILES string of the molecule is Fc1ccccc1.c1ccc2[nH]cnc2c1. The van der Waals surface area contributed by atoms with E-state index in [4.69, 9.17) is 0 Å². The maximum Gasteiger partial charge on any atom is 0.123 e. The van der Waals surface area contributed by atoms with Crippen molar-refractivity contribution in [2.75, 3.05) is 0 Å². The molecule has 1 aromatic heterocycles. The van der Waals surface area contributed by atoms with E-state index >= 15 is 0 Å². The highest BCUT2D eigenvalue weighted by Gasteiger charge is 1.88. The minimum absolute atomic E-state index is 0.178. The van der Waals surface area contributed by atoms with E-state index in [1.165, 1.54) is 12.1 Å². The van der Waals surface area contributed by atoms with Gasteiger partial charge in [-0.1, -0.05) is 30.3 Å². The van der Waals surface area contributed by atoms with Gasteiger partial charge in [-0.2, -0.15) is 0 Å². The number of nitrogens with zero attached hydrogens (tertiary/aromatic N) is 1. The Morgan fingerprint density at radius 3 is 2.19 bits per heavy atom. The summed E-state index contributed by atoms with van der Waals surface area (Å²) in [4.78, 5) is 7.07. The van der Waals surface area contributed by atoms with Crippen molar-refractivity contribution in [3.8, 4) is 0 Å². The number of aromatic nitrogens is 2. The fraction of sp³-hybridized carbons (Fsp3) is 0. The van der Waals surface area contributed by atoms with Crippen LogP contribution >= 0.6 is 0 Å². The number of halogens is 1. The molecule has 0 bridgehead atoms. The molecule has 0 amide bonds. The van der Waals surface area contributed by atoms with Crippen LogP contribution in [-0.2, 0) is 0 Å². The lowest BCUT2D eigenvalue weighted by molar-refractivity contribution is 0.628. The van der Waals surface area contributed by atoms with Crippen LogP contribution in [0.2, 0.25) is 0 Å². The van der Waals surface area contributed by atoms with Crippen molar-refractivity contribution in [2.45, 2.75) is 0 Å². The first-order valence-corrected chi connectivity index (χ1v) is 4.95. The zero-order valence-corrected chi connectivity index (χ0v) is 8.60. The van der Waals surface area contributed by atoms with Crippen molar-refractivity contribution in [1.82, 2.24) is 9.97 Å². The average Bonchev–Trinajstić information content (AvgIpc) is 2.79. The normalized spacial score (nSPS) is 9.56. The van der Waals surface area contributed by atoms with E-state index in [9.17, 15) is 4.39 Å². The molecule has 2 aromatic carbocycles. The molecule has 0 aliphatic rings. The highest BCUT2D eigenvalue weighted by molar-refractivity contribution is 5.73. The van der Waals surface area contributed by atoms with Crippen LogP contribution in [0.15, 0.2) is 60.9 Å². The Morgan fingerprint density at radius 2 is 1.56 bits per heavy atom. The highest BCUT2D eigenvalue weighted by atomic mass is 19.1.